The van der Waals surface area contributed by atoms with Crippen molar-refractivity contribution in [3.63, 3.8) is 0 Å². The van der Waals surface area contributed by atoms with E-state index in [1.165, 1.54) is 6.20 Å². The lowest BCUT2D eigenvalue weighted by atomic mass is 10.1. The zero-order valence-corrected chi connectivity index (χ0v) is 16.1. The second-order valence-corrected chi connectivity index (χ2v) is 6.39. The number of nitrogens with zero attached hydrogens (tertiary/aromatic N) is 2. The van der Waals surface area contributed by atoms with Crippen LogP contribution in [0.15, 0.2) is 42.6 Å². The van der Waals surface area contributed by atoms with Gasteiger partial charge in [0.2, 0.25) is 0 Å². The van der Waals surface area contributed by atoms with Crippen molar-refractivity contribution in [1.82, 2.24) is 4.98 Å². The first kappa shape index (κ1) is 19.8. The Labute approximate surface area is 163 Å². The topological polar surface area (TPSA) is 65.5 Å². The molecular formula is C19H19Cl2N3O2. The summed E-state index contributed by atoms with van der Waals surface area (Å²) >= 11 is 6.17. The van der Waals surface area contributed by atoms with Gasteiger partial charge in [0.15, 0.2) is 0 Å². The molecule has 0 spiro atoms. The van der Waals surface area contributed by atoms with Crippen LogP contribution in [-0.4, -0.2) is 30.2 Å². The number of aryl methyl sites for hydroxylation is 1. The van der Waals surface area contributed by atoms with Crippen LogP contribution < -0.4 is 10.2 Å². The first-order chi connectivity index (χ1) is 11.9. The van der Waals surface area contributed by atoms with Gasteiger partial charge in [-0.05, 0) is 48.9 Å². The summed E-state index contributed by atoms with van der Waals surface area (Å²) in [6.45, 7) is 1.87. The lowest BCUT2D eigenvalue weighted by Crippen LogP contribution is -2.08. The number of fused-ring (bicyclic) bond motifs is 1. The van der Waals surface area contributed by atoms with E-state index in [-0.39, 0.29) is 18.0 Å². The summed E-state index contributed by atoms with van der Waals surface area (Å²) < 4.78 is 0. The number of carboxylic acid groups (broad SMARTS) is 1. The Hall–Kier alpha value is -2.50. The Bertz CT molecular complexity index is 957. The number of benzene rings is 2. The number of rotatable bonds is 4. The van der Waals surface area contributed by atoms with E-state index in [4.69, 9.17) is 11.6 Å². The molecule has 0 aliphatic carbocycles. The highest BCUT2D eigenvalue weighted by Gasteiger charge is 2.16. The third-order valence-electron chi connectivity index (χ3n) is 4.11. The minimum Gasteiger partial charge on any atom is -0.478 e. The fourth-order valence-corrected chi connectivity index (χ4v) is 2.82. The maximum absolute atomic E-state index is 11.6. The summed E-state index contributed by atoms with van der Waals surface area (Å²) in [4.78, 5) is 17.9. The molecule has 3 rings (SSSR count). The minimum absolute atomic E-state index is 0. The zero-order valence-electron chi connectivity index (χ0n) is 14.6. The van der Waals surface area contributed by atoms with Gasteiger partial charge in [-0.25, -0.2) is 4.79 Å². The molecule has 0 aliphatic rings. The van der Waals surface area contributed by atoms with E-state index >= 15 is 0 Å². The molecule has 136 valence electrons. The van der Waals surface area contributed by atoms with E-state index in [1.807, 2.05) is 50.2 Å². The quantitative estimate of drug-likeness (QED) is 0.645. The molecule has 1 aromatic heterocycles. The molecule has 0 bridgehead atoms. The number of aromatic nitrogens is 1. The van der Waals surface area contributed by atoms with Crippen LogP contribution in [0.4, 0.5) is 17.1 Å². The van der Waals surface area contributed by atoms with Gasteiger partial charge in [-0.15, -0.1) is 12.4 Å². The molecular weight excluding hydrogens is 373 g/mol. The second kappa shape index (κ2) is 7.81. The van der Waals surface area contributed by atoms with Gasteiger partial charge in [-0.2, -0.15) is 0 Å². The standard InChI is InChI=1S/C19H18ClN3O2.ClH/c1-11-16(20)9-8-14-17(11)21-10-15(19(24)25)18(14)22-12-4-6-13(7-5-12)23(2)3;/h4-10H,1-3H3,(H,21,22)(H,24,25);1H. The SMILES string of the molecule is Cc1c(Cl)ccc2c(Nc3ccc(N(C)C)cc3)c(C(=O)O)cnc12.Cl. The number of anilines is 3. The van der Waals surface area contributed by atoms with Crippen molar-refractivity contribution < 1.29 is 9.90 Å². The summed E-state index contributed by atoms with van der Waals surface area (Å²) in [5, 5.41) is 14.1. The first-order valence-corrected chi connectivity index (χ1v) is 8.12. The van der Waals surface area contributed by atoms with Crippen molar-refractivity contribution in [3.05, 3.63) is 58.7 Å². The average molecular weight is 392 g/mol. The molecule has 7 heteroatoms. The molecule has 0 fully saturated rings. The number of nitrogens with one attached hydrogen (secondary N) is 1. The number of hydrogen-bond donors (Lipinski definition) is 2. The molecule has 0 radical (unpaired) electrons. The third kappa shape index (κ3) is 3.69. The Morgan fingerprint density at radius 1 is 1.15 bits per heavy atom. The van der Waals surface area contributed by atoms with Crippen LogP contribution in [0.3, 0.4) is 0 Å². The molecule has 0 saturated carbocycles. The van der Waals surface area contributed by atoms with Gasteiger partial charge >= 0.3 is 5.97 Å². The normalized spacial score (nSPS) is 10.3. The van der Waals surface area contributed by atoms with E-state index in [9.17, 15) is 9.90 Å². The molecule has 5 nitrogen and oxygen atoms in total. The largest absolute Gasteiger partial charge is 0.478 e. The molecule has 0 atom stereocenters. The smallest absolute Gasteiger partial charge is 0.339 e. The van der Waals surface area contributed by atoms with Crippen LogP contribution in [0.25, 0.3) is 10.9 Å². The maximum atomic E-state index is 11.6. The predicted octanol–water partition coefficient (Wildman–Crippen LogP) is 5.13. The molecule has 0 aliphatic heterocycles. The summed E-state index contributed by atoms with van der Waals surface area (Å²) in [6.07, 6.45) is 1.37. The van der Waals surface area contributed by atoms with Gasteiger partial charge in [0, 0.05) is 42.1 Å². The first-order valence-electron chi connectivity index (χ1n) is 7.74. The van der Waals surface area contributed by atoms with Gasteiger partial charge in [0.1, 0.15) is 5.56 Å². The highest BCUT2D eigenvalue weighted by atomic mass is 35.5. The summed E-state index contributed by atoms with van der Waals surface area (Å²) in [7, 11) is 3.93. The average Bonchev–Trinajstić information content (AvgIpc) is 2.58. The van der Waals surface area contributed by atoms with Crippen molar-refractivity contribution in [2.75, 3.05) is 24.3 Å². The number of halogens is 2. The number of hydrogen-bond acceptors (Lipinski definition) is 4. The lowest BCUT2D eigenvalue weighted by Gasteiger charge is -2.16. The fraction of sp³-hybridized carbons (Fsp3) is 0.158. The van der Waals surface area contributed by atoms with E-state index in [1.54, 1.807) is 12.1 Å². The van der Waals surface area contributed by atoms with Gasteiger partial charge in [-0.1, -0.05) is 11.6 Å². The van der Waals surface area contributed by atoms with Gasteiger partial charge in [-0.3, -0.25) is 4.98 Å². The van der Waals surface area contributed by atoms with Crippen molar-refractivity contribution in [2.45, 2.75) is 6.92 Å². The zero-order chi connectivity index (χ0) is 18.1. The summed E-state index contributed by atoms with van der Waals surface area (Å²) in [5.74, 6) is -1.03. The Balaban J connectivity index is 0.00000243. The second-order valence-electron chi connectivity index (χ2n) is 5.99. The van der Waals surface area contributed by atoms with Crippen LogP contribution >= 0.6 is 24.0 Å². The summed E-state index contributed by atoms with van der Waals surface area (Å²) in [6, 6.07) is 11.3. The molecule has 0 amide bonds. The Morgan fingerprint density at radius 3 is 2.38 bits per heavy atom. The predicted molar refractivity (Wildman–Crippen MR) is 110 cm³/mol. The van der Waals surface area contributed by atoms with Crippen LogP contribution in [-0.2, 0) is 0 Å². The minimum atomic E-state index is -1.03. The highest BCUT2D eigenvalue weighted by molar-refractivity contribution is 6.32. The van der Waals surface area contributed by atoms with E-state index in [0.717, 1.165) is 22.3 Å². The molecule has 26 heavy (non-hydrogen) atoms. The fourth-order valence-electron chi connectivity index (χ4n) is 2.67. The Morgan fingerprint density at radius 2 is 1.81 bits per heavy atom. The summed E-state index contributed by atoms with van der Waals surface area (Å²) in [5.41, 5.74) is 3.99. The molecule has 1 heterocycles. The van der Waals surface area contributed by atoms with E-state index < -0.39 is 5.97 Å². The van der Waals surface area contributed by atoms with Crippen molar-refractivity contribution in [2.24, 2.45) is 0 Å². The van der Waals surface area contributed by atoms with Crippen LogP contribution in [0.5, 0.6) is 0 Å². The number of aromatic carboxylic acids is 1. The van der Waals surface area contributed by atoms with Crippen molar-refractivity contribution >= 4 is 57.9 Å². The third-order valence-corrected chi connectivity index (χ3v) is 4.52. The molecule has 2 aromatic carbocycles. The van der Waals surface area contributed by atoms with Crippen LogP contribution in [0.2, 0.25) is 5.02 Å². The van der Waals surface area contributed by atoms with Crippen molar-refractivity contribution in [3.8, 4) is 0 Å². The maximum Gasteiger partial charge on any atom is 0.339 e. The molecule has 3 aromatic rings. The van der Waals surface area contributed by atoms with Crippen LogP contribution in [0, 0.1) is 6.92 Å². The van der Waals surface area contributed by atoms with Crippen LogP contribution in [0.1, 0.15) is 15.9 Å². The van der Waals surface area contributed by atoms with E-state index in [0.29, 0.717) is 16.2 Å². The molecule has 2 N–H and O–H groups in total. The number of carbonyl (C=O) groups is 1. The van der Waals surface area contributed by atoms with Gasteiger partial charge in [0.05, 0.1) is 11.2 Å². The Kier molecular flexibility index (Phi) is 5.95. The molecule has 0 unspecified atom stereocenters. The highest BCUT2D eigenvalue weighted by Crippen LogP contribution is 2.33. The van der Waals surface area contributed by atoms with E-state index in [2.05, 4.69) is 10.3 Å². The number of carboxylic acids is 1. The van der Waals surface area contributed by atoms with Gasteiger partial charge in [0.25, 0.3) is 0 Å². The lowest BCUT2D eigenvalue weighted by molar-refractivity contribution is 0.0697. The van der Waals surface area contributed by atoms with Gasteiger partial charge < -0.3 is 15.3 Å². The monoisotopic (exact) mass is 391 g/mol. The number of pyridine rings is 1. The van der Waals surface area contributed by atoms with Crippen molar-refractivity contribution in [1.29, 1.82) is 0 Å². The molecule has 0 saturated heterocycles.